The molecule has 0 bridgehead atoms. The van der Waals surface area contributed by atoms with Gasteiger partial charge in [0.2, 0.25) is 0 Å². The molecular formula is C18H33N3O4. The third kappa shape index (κ3) is 15.0. The SMILES string of the molecule is CC.CN.COC(C)(C)C.N=C(C=O)c1cc(O)ccc1NCC=O. The molecule has 144 valence electrons. The monoisotopic (exact) mass is 355 g/mol. The van der Waals surface area contributed by atoms with Crippen LogP contribution in [0.15, 0.2) is 18.2 Å². The van der Waals surface area contributed by atoms with Gasteiger partial charge in [-0.05, 0) is 46.0 Å². The fourth-order valence-corrected chi connectivity index (χ4v) is 1.12. The second-order valence-corrected chi connectivity index (χ2v) is 5.13. The van der Waals surface area contributed by atoms with Crippen LogP contribution in [0, 0.1) is 5.41 Å². The molecule has 0 aromatic heterocycles. The van der Waals surface area contributed by atoms with Crippen molar-refractivity contribution in [1.82, 2.24) is 0 Å². The van der Waals surface area contributed by atoms with Crippen molar-refractivity contribution in [3.05, 3.63) is 23.8 Å². The molecule has 0 saturated heterocycles. The maximum Gasteiger partial charge on any atom is 0.168 e. The van der Waals surface area contributed by atoms with Crippen molar-refractivity contribution in [2.24, 2.45) is 5.73 Å². The van der Waals surface area contributed by atoms with Gasteiger partial charge in [0, 0.05) is 18.4 Å². The normalized spacial score (nSPS) is 8.96. The van der Waals surface area contributed by atoms with Gasteiger partial charge in [0.1, 0.15) is 17.7 Å². The van der Waals surface area contributed by atoms with E-state index in [-0.39, 0.29) is 29.2 Å². The Bertz CT molecular complexity index is 498. The van der Waals surface area contributed by atoms with Gasteiger partial charge in [0.05, 0.1) is 12.1 Å². The highest BCUT2D eigenvalue weighted by Gasteiger charge is 2.07. The van der Waals surface area contributed by atoms with Gasteiger partial charge in [0.25, 0.3) is 0 Å². The minimum atomic E-state index is -0.251. The topological polar surface area (TPSA) is 126 Å². The molecule has 1 aromatic rings. The van der Waals surface area contributed by atoms with Crippen molar-refractivity contribution < 1.29 is 19.4 Å². The summed E-state index contributed by atoms with van der Waals surface area (Å²) in [6.45, 7) is 10.1. The Morgan fingerprint density at radius 3 is 2.12 bits per heavy atom. The summed E-state index contributed by atoms with van der Waals surface area (Å²) in [6.07, 6.45) is 1.04. The first kappa shape index (κ1) is 27.6. The minimum Gasteiger partial charge on any atom is -0.508 e. The highest BCUT2D eigenvalue weighted by Crippen LogP contribution is 2.21. The van der Waals surface area contributed by atoms with E-state index >= 15 is 0 Å². The summed E-state index contributed by atoms with van der Waals surface area (Å²) >= 11 is 0. The van der Waals surface area contributed by atoms with Crippen molar-refractivity contribution in [2.75, 3.05) is 26.0 Å². The molecule has 7 heteroatoms. The number of aromatic hydroxyl groups is 1. The van der Waals surface area contributed by atoms with E-state index in [2.05, 4.69) is 11.1 Å². The predicted octanol–water partition coefficient (Wildman–Crippen LogP) is 2.60. The predicted molar refractivity (Wildman–Crippen MR) is 104 cm³/mol. The van der Waals surface area contributed by atoms with E-state index in [1.807, 2.05) is 34.6 Å². The van der Waals surface area contributed by atoms with Gasteiger partial charge in [-0.3, -0.25) is 10.2 Å². The Hall–Kier alpha value is -2.25. The molecule has 0 atom stereocenters. The van der Waals surface area contributed by atoms with Crippen LogP contribution in [-0.2, 0) is 14.3 Å². The number of nitrogens with two attached hydrogens (primary N) is 1. The quantitative estimate of drug-likeness (QED) is 0.365. The molecular weight excluding hydrogens is 322 g/mol. The van der Waals surface area contributed by atoms with Crippen molar-refractivity contribution in [3.63, 3.8) is 0 Å². The van der Waals surface area contributed by atoms with Crippen LogP contribution < -0.4 is 11.1 Å². The number of anilines is 1. The van der Waals surface area contributed by atoms with E-state index in [0.717, 1.165) is 0 Å². The lowest BCUT2D eigenvalue weighted by Gasteiger charge is -2.14. The first-order chi connectivity index (χ1) is 11.7. The zero-order valence-electron chi connectivity index (χ0n) is 16.3. The van der Waals surface area contributed by atoms with Gasteiger partial charge in [-0.15, -0.1) is 0 Å². The average molecular weight is 355 g/mol. The molecule has 1 rings (SSSR count). The van der Waals surface area contributed by atoms with Gasteiger partial charge >= 0.3 is 0 Å². The molecule has 0 saturated carbocycles. The van der Waals surface area contributed by atoms with Crippen molar-refractivity contribution in [3.8, 4) is 5.75 Å². The summed E-state index contributed by atoms with van der Waals surface area (Å²) in [5.41, 5.74) is 5.03. The second kappa shape index (κ2) is 16.6. The summed E-state index contributed by atoms with van der Waals surface area (Å²) in [4.78, 5) is 20.6. The summed E-state index contributed by atoms with van der Waals surface area (Å²) in [5.74, 6) is -0.0340. The molecule has 0 aliphatic carbocycles. The van der Waals surface area contributed by atoms with E-state index in [0.29, 0.717) is 18.3 Å². The maximum atomic E-state index is 10.4. The van der Waals surface area contributed by atoms with Crippen LogP contribution in [0.1, 0.15) is 40.2 Å². The van der Waals surface area contributed by atoms with Crippen molar-refractivity contribution >= 4 is 24.0 Å². The zero-order valence-corrected chi connectivity index (χ0v) is 16.3. The lowest BCUT2D eigenvalue weighted by Crippen LogP contribution is -2.15. The number of hydrogen-bond acceptors (Lipinski definition) is 7. The largest absolute Gasteiger partial charge is 0.508 e. The highest BCUT2D eigenvalue weighted by atomic mass is 16.5. The molecule has 0 radical (unpaired) electrons. The number of aldehydes is 2. The van der Waals surface area contributed by atoms with Crippen LogP contribution in [0.4, 0.5) is 5.69 Å². The van der Waals surface area contributed by atoms with Crippen molar-refractivity contribution in [2.45, 2.75) is 40.2 Å². The van der Waals surface area contributed by atoms with Crippen LogP contribution in [0.2, 0.25) is 0 Å². The van der Waals surface area contributed by atoms with Gasteiger partial charge < -0.3 is 25.7 Å². The summed E-state index contributed by atoms with van der Waals surface area (Å²) in [7, 11) is 3.21. The molecule has 1 aromatic carbocycles. The molecule has 0 fully saturated rings. The summed E-state index contributed by atoms with van der Waals surface area (Å²) in [6, 6.07) is 4.21. The highest BCUT2D eigenvalue weighted by molar-refractivity contribution is 6.36. The number of nitrogens with one attached hydrogen (secondary N) is 2. The number of carbonyl (C=O) groups excluding carboxylic acids is 2. The van der Waals surface area contributed by atoms with Crippen LogP contribution in [0.3, 0.4) is 0 Å². The Kier molecular flexibility index (Phi) is 18.3. The zero-order chi connectivity index (χ0) is 20.5. The number of carbonyl (C=O) groups is 2. The summed E-state index contributed by atoms with van der Waals surface area (Å²) in [5, 5.41) is 19.3. The third-order valence-corrected chi connectivity index (χ3v) is 2.40. The smallest absolute Gasteiger partial charge is 0.168 e. The first-order valence-corrected chi connectivity index (χ1v) is 7.92. The van der Waals surface area contributed by atoms with Gasteiger partial charge in [-0.25, -0.2) is 0 Å². The molecule has 0 aliphatic rings. The van der Waals surface area contributed by atoms with Gasteiger partial charge in [-0.2, -0.15) is 0 Å². The fraction of sp³-hybridized carbons (Fsp3) is 0.500. The molecule has 0 unspecified atom stereocenters. The molecule has 7 nitrogen and oxygen atoms in total. The Morgan fingerprint density at radius 1 is 1.28 bits per heavy atom. The van der Waals surface area contributed by atoms with E-state index in [1.165, 1.54) is 25.2 Å². The van der Waals surface area contributed by atoms with Crippen LogP contribution in [0.25, 0.3) is 0 Å². The number of methoxy groups -OCH3 is 1. The number of phenols is 1. The minimum absolute atomic E-state index is 0.0340. The van der Waals surface area contributed by atoms with E-state index in [4.69, 9.17) is 10.1 Å². The van der Waals surface area contributed by atoms with Gasteiger partial charge in [0.15, 0.2) is 6.29 Å². The molecule has 0 heterocycles. The van der Waals surface area contributed by atoms with Crippen LogP contribution >= 0.6 is 0 Å². The first-order valence-electron chi connectivity index (χ1n) is 7.92. The third-order valence-electron chi connectivity index (χ3n) is 2.40. The van der Waals surface area contributed by atoms with E-state index < -0.39 is 0 Å². The van der Waals surface area contributed by atoms with Gasteiger partial charge in [-0.1, -0.05) is 13.8 Å². The number of rotatable bonds is 5. The lowest BCUT2D eigenvalue weighted by atomic mass is 10.1. The molecule has 0 spiro atoms. The molecule has 0 aliphatic heterocycles. The molecule has 25 heavy (non-hydrogen) atoms. The lowest BCUT2D eigenvalue weighted by molar-refractivity contribution is -0.106. The standard InChI is InChI=1S/C10H10N2O3.C5H12O.C2H6.CH5N/c11-9(6-14)8-5-7(15)1-2-10(8)12-3-4-13;1-5(2,3)6-4;2*1-2/h1-2,4-6,11-12,15H,3H2;1-4H3;1-2H3;2H2,1H3. The molecule has 5 N–H and O–H groups in total. The Labute approximate surface area is 151 Å². The number of phenolic OH excluding ortho intramolecular Hbond substituents is 1. The second-order valence-electron chi connectivity index (χ2n) is 5.13. The number of benzene rings is 1. The van der Waals surface area contributed by atoms with E-state index in [9.17, 15) is 14.7 Å². The Morgan fingerprint density at radius 2 is 1.76 bits per heavy atom. The van der Waals surface area contributed by atoms with E-state index in [1.54, 1.807) is 7.11 Å². The maximum absolute atomic E-state index is 10.4. The Balaban J connectivity index is -0.000000407. The van der Waals surface area contributed by atoms with Crippen molar-refractivity contribution in [1.29, 1.82) is 5.41 Å². The number of hydrogen-bond donors (Lipinski definition) is 4. The number of ether oxygens (including phenoxy) is 1. The fourth-order valence-electron chi connectivity index (χ4n) is 1.12. The average Bonchev–Trinajstić information content (AvgIpc) is 2.63. The molecule has 0 amide bonds. The van der Waals surface area contributed by atoms with Crippen LogP contribution in [-0.4, -0.2) is 49.7 Å². The summed E-state index contributed by atoms with van der Waals surface area (Å²) < 4.78 is 4.94. The van der Waals surface area contributed by atoms with Crippen LogP contribution in [0.5, 0.6) is 5.75 Å².